The van der Waals surface area contributed by atoms with E-state index in [1.807, 2.05) is 36.9 Å². The van der Waals surface area contributed by atoms with Crippen LogP contribution in [-0.2, 0) is 9.53 Å². The predicted molar refractivity (Wildman–Crippen MR) is 80.3 cm³/mol. The molecule has 0 radical (unpaired) electrons. The molecule has 1 aliphatic rings. The maximum absolute atomic E-state index is 11.8. The fourth-order valence-corrected chi connectivity index (χ4v) is 2.11. The summed E-state index contributed by atoms with van der Waals surface area (Å²) in [6.45, 7) is 6.87. The summed E-state index contributed by atoms with van der Waals surface area (Å²) in [7, 11) is 0. The zero-order chi connectivity index (χ0) is 15.2. The highest BCUT2D eigenvalue weighted by Gasteiger charge is 2.15. The normalized spacial score (nSPS) is 15.5. The van der Waals surface area contributed by atoms with E-state index in [0.717, 1.165) is 11.1 Å². The van der Waals surface area contributed by atoms with E-state index in [2.05, 4.69) is 10.6 Å². The van der Waals surface area contributed by atoms with Gasteiger partial charge in [0.1, 0.15) is 0 Å². The van der Waals surface area contributed by atoms with Crippen molar-refractivity contribution < 1.29 is 14.3 Å². The van der Waals surface area contributed by atoms with Gasteiger partial charge in [-0.25, -0.2) is 4.79 Å². The molecular weight excluding hydrogens is 270 g/mol. The topological polar surface area (TPSA) is 70.7 Å². The molecule has 3 amide bonds. The fourth-order valence-electron chi connectivity index (χ4n) is 2.11. The highest BCUT2D eigenvalue weighted by atomic mass is 16.5. The van der Waals surface area contributed by atoms with Crippen molar-refractivity contribution in [1.29, 1.82) is 0 Å². The molecule has 0 saturated carbocycles. The monoisotopic (exact) mass is 291 g/mol. The van der Waals surface area contributed by atoms with Crippen molar-refractivity contribution in [3.63, 3.8) is 0 Å². The summed E-state index contributed by atoms with van der Waals surface area (Å²) < 4.78 is 5.21. The minimum absolute atomic E-state index is 0.212. The SMILES string of the molecule is Cc1ccc(NC(=O)NC(=O)CN2CCOCC2)cc1C. The summed E-state index contributed by atoms with van der Waals surface area (Å²) in [6, 6.07) is 5.12. The highest BCUT2D eigenvalue weighted by Crippen LogP contribution is 2.13. The molecule has 2 N–H and O–H groups in total. The number of carbonyl (C=O) groups is 2. The molecule has 6 heteroatoms. The van der Waals surface area contributed by atoms with Gasteiger partial charge in [-0.1, -0.05) is 6.07 Å². The first kappa shape index (κ1) is 15.5. The summed E-state index contributed by atoms with van der Waals surface area (Å²) in [5.74, 6) is -0.307. The first-order chi connectivity index (χ1) is 10.0. The van der Waals surface area contributed by atoms with Crippen molar-refractivity contribution in [1.82, 2.24) is 10.2 Å². The average molecular weight is 291 g/mol. The van der Waals surface area contributed by atoms with E-state index in [0.29, 0.717) is 32.0 Å². The number of benzene rings is 1. The summed E-state index contributed by atoms with van der Waals surface area (Å²) in [4.78, 5) is 25.5. The number of urea groups is 1. The van der Waals surface area contributed by atoms with E-state index in [-0.39, 0.29) is 12.5 Å². The quantitative estimate of drug-likeness (QED) is 0.880. The van der Waals surface area contributed by atoms with E-state index in [1.54, 1.807) is 0 Å². The Bertz CT molecular complexity index is 525. The van der Waals surface area contributed by atoms with Gasteiger partial charge < -0.3 is 10.1 Å². The third-order valence-electron chi connectivity index (χ3n) is 3.49. The highest BCUT2D eigenvalue weighted by molar-refractivity contribution is 6.01. The summed E-state index contributed by atoms with van der Waals surface area (Å²) in [5, 5.41) is 5.00. The number of nitrogens with one attached hydrogen (secondary N) is 2. The van der Waals surface area contributed by atoms with E-state index in [1.165, 1.54) is 0 Å². The minimum atomic E-state index is -0.503. The van der Waals surface area contributed by atoms with Crippen LogP contribution in [0.5, 0.6) is 0 Å². The standard InChI is InChI=1S/C15H21N3O3/c1-11-3-4-13(9-12(11)2)16-15(20)17-14(19)10-18-5-7-21-8-6-18/h3-4,9H,5-8,10H2,1-2H3,(H2,16,17,19,20). The maximum Gasteiger partial charge on any atom is 0.325 e. The van der Waals surface area contributed by atoms with Gasteiger partial charge in [-0.15, -0.1) is 0 Å². The van der Waals surface area contributed by atoms with Gasteiger partial charge in [0.15, 0.2) is 0 Å². The summed E-state index contributed by atoms with van der Waals surface area (Å²) in [6.07, 6.45) is 0. The first-order valence-electron chi connectivity index (χ1n) is 7.03. The predicted octanol–water partition coefficient (Wildman–Crippen LogP) is 1.28. The molecule has 0 bridgehead atoms. The second-order valence-corrected chi connectivity index (χ2v) is 5.19. The van der Waals surface area contributed by atoms with Crippen LogP contribution in [0.1, 0.15) is 11.1 Å². The molecule has 1 fully saturated rings. The van der Waals surface area contributed by atoms with Crippen LogP contribution in [0.2, 0.25) is 0 Å². The first-order valence-corrected chi connectivity index (χ1v) is 7.03. The van der Waals surface area contributed by atoms with Gasteiger partial charge in [0, 0.05) is 18.8 Å². The third-order valence-corrected chi connectivity index (χ3v) is 3.49. The number of hydrogen-bond acceptors (Lipinski definition) is 4. The van der Waals surface area contributed by atoms with Crippen molar-refractivity contribution >= 4 is 17.6 Å². The lowest BCUT2D eigenvalue weighted by Crippen LogP contribution is -2.45. The Morgan fingerprint density at radius 3 is 2.57 bits per heavy atom. The van der Waals surface area contributed by atoms with Gasteiger partial charge in [0.25, 0.3) is 0 Å². The van der Waals surface area contributed by atoms with Crippen molar-refractivity contribution in [2.45, 2.75) is 13.8 Å². The second kappa shape index (κ2) is 7.19. The van der Waals surface area contributed by atoms with Gasteiger partial charge in [-0.3, -0.25) is 15.0 Å². The van der Waals surface area contributed by atoms with Crippen LogP contribution in [-0.4, -0.2) is 49.7 Å². The maximum atomic E-state index is 11.8. The average Bonchev–Trinajstić information content (AvgIpc) is 2.43. The Kier molecular flexibility index (Phi) is 5.30. The molecule has 1 saturated heterocycles. The van der Waals surface area contributed by atoms with E-state index in [4.69, 9.17) is 4.74 Å². The number of aryl methyl sites for hydroxylation is 2. The number of nitrogens with zero attached hydrogens (tertiary/aromatic N) is 1. The number of rotatable bonds is 3. The van der Waals surface area contributed by atoms with Crippen molar-refractivity contribution in [2.24, 2.45) is 0 Å². The van der Waals surface area contributed by atoms with E-state index in [9.17, 15) is 9.59 Å². The Labute approximate surface area is 124 Å². The number of amides is 3. The molecule has 1 aromatic carbocycles. The number of carbonyl (C=O) groups excluding carboxylic acids is 2. The summed E-state index contributed by atoms with van der Waals surface area (Å²) >= 11 is 0. The van der Waals surface area contributed by atoms with Gasteiger partial charge >= 0.3 is 6.03 Å². The number of morpholine rings is 1. The van der Waals surface area contributed by atoms with Crippen molar-refractivity contribution in [3.05, 3.63) is 29.3 Å². The fraction of sp³-hybridized carbons (Fsp3) is 0.467. The van der Waals surface area contributed by atoms with E-state index < -0.39 is 6.03 Å². The van der Waals surface area contributed by atoms with E-state index >= 15 is 0 Å². The Balaban J connectivity index is 1.80. The molecule has 21 heavy (non-hydrogen) atoms. The van der Waals surface area contributed by atoms with Crippen LogP contribution in [0.15, 0.2) is 18.2 Å². The Morgan fingerprint density at radius 1 is 1.19 bits per heavy atom. The van der Waals surface area contributed by atoms with Crippen LogP contribution in [0.25, 0.3) is 0 Å². The number of hydrogen-bond donors (Lipinski definition) is 2. The minimum Gasteiger partial charge on any atom is -0.379 e. The Hall–Kier alpha value is -1.92. The lowest BCUT2D eigenvalue weighted by molar-refractivity contribution is -0.122. The van der Waals surface area contributed by atoms with Crippen LogP contribution in [0.3, 0.4) is 0 Å². The second-order valence-electron chi connectivity index (χ2n) is 5.19. The third kappa shape index (κ3) is 4.84. The molecule has 6 nitrogen and oxygen atoms in total. The van der Waals surface area contributed by atoms with Crippen LogP contribution in [0.4, 0.5) is 10.5 Å². The zero-order valence-corrected chi connectivity index (χ0v) is 12.4. The van der Waals surface area contributed by atoms with Gasteiger partial charge in [-0.2, -0.15) is 0 Å². The van der Waals surface area contributed by atoms with Crippen LogP contribution >= 0.6 is 0 Å². The Morgan fingerprint density at radius 2 is 1.90 bits per heavy atom. The van der Waals surface area contributed by atoms with Crippen LogP contribution in [0, 0.1) is 13.8 Å². The molecule has 0 atom stereocenters. The largest absolute Gasteiger partial charge is 0.379 e. The van der Waals surface area contributed by atoms with Gasteiger partial charge in [0.05, 0.1) is 19.8 Å². The smallest absolute Gasteiger partial charge is 0.325 e. The molecule has 114 valence electrons. The number of anilines is 1. The van der Waals surface area contributed by atoms with Crippen molar-refractivity contribution in [2.75, 3.05) is 38.2 Å². The van der Waals surface area contributed by atoms with Crippen LogP contribution < -0.4 is 10.6 Å². The number of ether oxygens (including phenoxy) is 1. The molecule has 1 aliphatic heterocycles. The molecule has 0 spiro atoms. The van der Waals surface area contributed by atoms with Crippen molar-refractivity contribution in [3.8, 4) is 0 Å². The molecule has 1 aromatic rings. The summed E-state index contributed by atoms with van der Waals surface area (Å²) in [5.41, 5.74) is 2.92. The molecular formula is C15H21N3O3. The number of imide groups is 1. The lowest BCUT2D eigenvalue weighted by atomic mass is 10.1. The lowest BCUT2D eigenvalue weighted by Gasteiger charge is -2.25. The van der Waals surface area contributed by atoms with Gasteiger partial charge in [0.2, 0.25) is 5.91 Å². The molecule has 1 heterocycles. The molecule has 2 rings (SSSR count). The zero-order valence-electron chi connectivity index (χ0n) is 12.4. The molecule has 0 unspecified atom stereocenters. The molecule has 0 aromatic heterocycles. The van der Waals surface area contributed by atoms with Gasteiger partial charge in [-0.05, 0) is 37.1 Å². The molecule has 0 aliphatic carbocycles.